The Labute approximate surface area is 193 Å². The molecule has 1 atom stereocenters. The summed E-state index contributed by atoms with van der Waals surface area (Å²) in [7, 11) is 3.81. The van der Waals surface area contributed by atoms with Gasteiger partial charge in [-0.15, -0.1) is 0 Å². The minimum absolute atomic E-state index is 0.0247. The van der Waals surface area contributed by atoms with Gasteiger partial charge in [0.1, 0.15) is 5.82 Å². The molecule has 1 aromatic carbocycles. The second-order valence-electron chi connectivity index (χ2n) is 8.55. The number of hydrogen-bond donors (Lipinski definition) is 1. The van der Waals surface area contributed by atoms with Gasteiger partial charge in [-0.1, -0.05) is 18.2 Å². The van der Waals surface area contributed by atoms with Gasteiger partial charge in [0.15, 0.2) is 0 Å². The fourth-order valence-corrected chi connectivity index (χ4v) is 4.16. The molecule has 0 saturated carbocycles. The molecule has 0 unspecified atom stereocenters. The molecule has 0 spiro atoms. The number of carbonyl (C=O) groups is 1. The Bertz CT molecular complexity index is 1090. The van der Waals surface area contributed by atoms with Gasteiger partial charge in [0.25, 0.3) is 0 Å². The third-order valence-electron chi connectivity index (χ3n) is 5.79. The summed E-state index contributed by atoms with van der Waals surface area (Å²) in [5, 5.41) is 2.95. The number of aromatic nitrogens is 3. The van der Waals surface area contributed by atoms with Crippen molar-refractivity contribution in [1.29, 1.82) is 0 Å². The lowest BCUT2D eigenvalue weighted by atomic mass is 9.90. The molecule has 0 radical (unpaired) electrons. The van der Waals surface area contributed by atoms with E-state index in [-0.39, 0.29) is 17.6 Å². The Hall–Kier alpha value is -3.39. The summed E-state index contributed by atoms with van der Waals surface area (Å²) in [5.41, 5.74) is 3.34. The summed E-state index contributed by atoms with van der Waals surface area (Å²) in [4.78, 5) is 30.1. The van der Waals surface area contributed by atoms with E-state index in [1.165, 1.54) is 12.1 Å². The van der Waals surface area contributed by atoms with Gasteiger partial charge in [0.05, 0.1) is 24.5 Å². The van der Waals surface area contributed by atoms with Gasteiger partial charge < -0.3 is 10.2 Å². The van der Waals surface area contributed by atoms with Crippen LogP contribution in [0.2, 0.25) is 0 Å². The van der Waals surface area contributed by atoms with Gasteiger partial charge in [-0.2, -0.15) is 0 Å². The van der Waals surface area contributed by atoms with E-state index < -0.39 is 0 Å². The molecule has 1 N–H and O–H groups in total. The van der Waals surface area contributed by atoms with Crippen LogP contribution >= 0.6 is 0 Å². The lowest BCUT2D eigenvalue weighted by Crippen LogP contribution is -2.42. The SMILES string of the molecule is CN(C)c1ncc(-c2cccc(F)c2)c([C@H]2CCCN(CC(=O)NCc3ccccn3)C2)n1. The van der Waals surface area contributed by atoms with Crippen LogP contribution in [-0.4, -0.2) is 59.5 Å². The molecule has 2 aromatic heterocycles. The molecule has 7 nitrogen and oxygen atoms in total. The van der Waals surface area contributed by atoms with Crippen molar-refractivity contribution < 1.29 is 9.18 Å². The van der Waals surface area contributed by atoms with Gasteiger partial charge in [0.2, 0.25) is 11.9 Å². The summed E-state index contributed by atoms with van der Waals surface area (Å²) >= 11 is 0. The van der Waals surface area contributed by atoms with Crippen LogP contribution in [0.1, 0.15) is 30.1 Å². The summed E-state index contributed by atoms with van der Waals surface area (Å²) in [6.45, 7) is 2.31. The first-order valence-electron chi connectivity index (χ1n) is 11.2. The van der Waals surface area contributed by atoms with E-state index in [1.807, 2.05) is 43.3 Å². The second-order valence-corrected chi connectivity index (χ2v) is 8.55. The predicted octanol–water partition coefficient (Wildman–Crippen LogP) is 3.24. The Balaban J connectivity index is 1.49. The first-order chi connectivity index (χ1) is 16.0. The molecular weight excluding hydrogens is 419 g/mol. The minimum Gasteiger partial charge on any atom is -0.349 e. The highest BCUT2D eigenvalue weighted by Gasteiger charge is 2.27. The number of halogens is 1. The Kier molecular flexibility index (Phi) is 7.24. The molecule has 0 aliphatic carbocycles. The first-order valence-corrected chi connectivity index (χ1v) is 11.2. The largest absolute Gasteiger partial charge is 0.349 e. The van der Waals surface area contributed by atoms with Gasteiger partial charge in [-0.05, 0) is 49.2 Å². The Morgan fingerprint density at radius 3 is 2.85 bits per heavy atom. The quantitative estimate of drug-likeness (QED) is 0.598. The number of piperidine rings is 1. The summed E-state index contributed by atoms with van der Waals surface area (Å²) < 4.78 is 13.9. The average Bonchev–Trinajstić information content (AvgIpc) is 2.83. The average molecular weight is 449 g/mol. The normalized spacial score (nSPS) is 16.4. The van der Waals surface area contributed by atoms with Crippen LogP contribution in [0.5, 0.6) is 0 Å². The van der Waals surface area contributed by atoms with Crippen molar-refractivity contribution in [3.8, 4) is 11.1 Å². The molecule has 1 saturated heterocycles. The number of nitrogens with zero attached hydrogens (tertiary/aromatic N) is 5. The number of hydrogen-bond acceptors (Lipinski definition) is 6. The maximum atomic E-state index is 13.9. The van der Waals surface area contributed by atoms with Crippen molar-refractivity contribution in [3.63, 3.8) is 0 Å². The molecule has 172 valence electrons. The molecule has 0 bridgehead atoms. The molecule has 8 heteroatoms. The van der Waals surface area contributed by atoms with Crippen molar-refractivity contribution in [3.05, 3.63) is 72.1 Å². The highest BCUT2D eigenvalue weighted by Crippen LogP contribution is 2.34. The number of carbonyl (C=O) groups excluding carboxylic acids is 1. The molecule has 3 aromatic rings. The number of anilines is 1. The van der Waals surface area contributed by atoms with E-state index in [1.54, 1.807) is 18.5 Å². The van der Waals surface area contributed by atoms with Crippen LogP contribution in [0.15, 0.2) is 54.9 Å². The highest BCUT2D eigenvalue weighted by atomic mass is 19.1. The van der Waals surface area contributed by atoms with E-state index in [2.05, 4.69) is 20.2 Å². The fraction of sp³-hybridized carbons (Fsp3) is 0.360. The smallest absolute Gasteiger partial charge is 0.234 e. The maximum Gasteiger partial charge on any atom is 0.234 e. The molecule has 33 heavy (non-hydrogen) atoms. The monoisotopic (exact) mass is 448 g/mol. The Morgan fingerprint density at radius 2 is 2.09 bits per heavy atom. The van der Waals surface area contributed by atoms with Gasteiger partial charge >= 0.3 is 0 Å². The van der Waals surface area contributed by atoms with Crippen molar-refractivity contribution in [2.75, 3.05) is 38.6 Å². The third-order valence-corrected chi connectivity index (χ3v) is 5.79. The minimum atomic E-state index is -0.287. The van der Waals surface area contributed by atoms with Crippen LogP contribution in [-0.2, 0) is 11.3 Å². The lowest BCUT2D eigenvalue weighted by molar-refractivity contribution is -0.122. The zero-order valence-corrected chi connectivity index (χ0v) is 19.0. The summed E-state index contributed by atoms with van der Waals surface area (Å²) in [6.07, 6.45) is 5.42. The number of benzene rings is 1. The van der Waals surface area contributed by atoms with E-state index in [0.717, 1.165) is 41.9 Å². The van der Waals surface area contributed by atoms with Crippen molar-refractivity contribution in [2.45, 2.75) is 25.3 Å². The Morgan fingerprint density at radius 1 is 1.21 bits per heavy atom. The summed E-state index contributed by atoms with van der Waals surface area (Å²) in [5.74, 6) is 0.436. The van der Waals surface area contributed by atoms with Crippen LogP contribution in [0.25, 0.3) is 11.1 Å². The van der Waals surface area contributed by atoms with Gasteiger partial charge in [-0.3, -0.25) is 14.7 Å². The number of rotatable bonds is 7. The van der Waals surface area contributed by atoms with E-state index >= 15 is 0 Å². The number of likely N-dealkylation sites (tertiary alicyclic amines) is 1. The fourth-order valence-electron chi connectivity index (χ4n) is 4.16. The van der Waals surface area contributed by atoms with Gasteiger partial charge in [-0.25, -0.2) is 14.4 Å². The number of amides is 1. The van der Waals surface area contributed by atoms with Crippen LogP contribution in [0, 0.1) is 5.82 Å². The van der Waals surface area contributed by atoms with Crippen molar-refractivity contribution in [2.24, 2.45) is 0 Å². The third kappa shape index (κ3) is 5.90. The zero-order chi connectivity index (χ0) is 23.2. The molecule has 1 amide bonds. The maximum absolute atomic E-state index is 13.9. The number of pyridine rings is 1. The van der Waals surface area contributed by atoms with E-state index in [4.69, 9.17) is 4.98 Å². The molecule has 1 fully saturated rings. The van der Waals surface area contributed by atoms with Gasteiger partial charge in [0, 0.05) is 44.5 Å². The zero-order valence-electron chi connectivity index (χ0n) is 19.0. The standard InChI is InChI=1S/C25H29FN6O/c1-31(2)25-29-15-22(18-7-5-9-20(26)13-18)24(30-25)19-8-6-12-32(16-19)17-23(33)28-14-21-10-3-4-11-27-21/h3-5,7,9-11,13,15,19H,6,8,12,14,16-17H2,1-2H3,(H,28,33)/t19-/m0/s1. The van der Waals surface area contributed by atoms with E-state index in [9.17, 15) is 9.18 Å². The van der Waals surface area contributed by atoms with E-state index in [0.29, 0.717) is 25.6 Å². The first kappa shape index (κ1) is 22.8. The lowest BCUT2D eigenvalue weighted by Gasteiger charge is -2.33. The van der Waals surface area contributed by atoms with Crippen LogP contribution in [0.3, 0.4) is 0 Å². The molecule has 1 aliphatic heterocycles. The predicted molar refractivity (Wildman–Crippen MR) is 126 cm³/mol. The second kappa shape index (κ2) is 10.5. The molecule has 4 rings (SSSR count). The topological polar surface area (TPSA) is 74.2 Å². The number of nitrogens with one attached hydrogen (secondary N) is 1. The van der Waals surface area contributed by atoms with Crippen LogP contribution in [0.4, 0.5) is 10.3 Å². The molecule has 3 heterocycles. The van der Waals surface area contributed by atoms with Crippen molar-refractivity contribution >= 4 is 11.9 Å². The highest BCUT2D eigenvalue weighted by molar-refractivity contribution is 5.78. The molecule has 1 aliphatic rings. The van der Waals surface area contributed by atoms with Crippen LogP contribution < -0.4 is 10.2 Å². The van der Waals surface area contributed by atoms with Crippen molar-refractivity contribution in [1.82, 2.24) is 25.2 Å². The summed E-state index contributed by atoms with van der Waals surface area (Å²) in [6, 6.07) is 12.2. The molecular formula is C25H29FN6O.